The maximum absolute atomic E-state index is 10.8. The lowest BCUT2D eigenvalue weighted by Crippen LogP contribution is -2.21. The van der Waals surface area contributed by atoms with Gasteiger partial charge in [0, 0.05) is 18.0 Å². The number of hydrogen-bond donors (Lipinski definition) is 2. The molecule has 0 fully saturated rings. The molecule has 0 saturated heterocycles. The molecule has 1 aromatic heterocycles. The monoisotopic (exact) mass is 257 g/mol. The van der Waals surface area contributed by atoms with Crippen LogP contribution in [0.1, 0.15) is 34.0 Å². The van der Waals surface area contributed by atoms with Gasteiger partial charge in [-0.05, 0) is 32.4 Å². The number of aryl methyl sites for hydroxylation is 1. The number of nitrogens with one attached hydrogen (secondary N) is 1. The summed E-state index contributed by atoms with van der Waals surface area (Å²) in [5.41, 5.74) is 1.05. The van der Waals surface area contributed by atoms with Gasteiger partial charge in [-0.3, -0.25) is 0 Å². The van der Waals surface area contributed by atoms with Crippen molar-refractivity contribution in [2.24, 2.45) is 0 Å². The Labute approximate surface area is 106 Å². The fourth-order valence-electron chi connectivity index (χ4n) is 1.39. The second-order valence-electron chi connectivity index (χ2n) is 4.09. The Morgan fingerprint density at radius 1 is 1.59 bits per heavy atom. The first-order valence-electron chi connectivity index (χ1n) is 5.65. The summed E-state index contributed by atoms with van der Waals surface area (Å²) >= 11 is 1.32. The molecule has 0 bridgehead atoms. The lowest BCUT2D eigenvalue weighted by Gasteiger charge is -2.08. The van der Waals surface area contributed by atoms with Gasteiger partial charge in [0.05, 0.1) is 12.7 Å². The van der Waals surface area contributed by atoms with E-state index in [2.05, 4.69) is 5.32 Å². The minimum atomic E-state index is -0.854. The normalized spacial score (nSPS) is 11.1. The van der Waals surface area contributed by atoms with Crippen molar-refractivity contribution in [1.82, 2.24) is 5.32 Å². The molecule has 0 aliphatic carbocycles. The number of ether oxygens (including phenoxy) is 1. The molecule has 0 amide bonds. The summed E-state index contributed by atoms with van der Waals surface area (Å²) in [6, 6.07) is 1.73. The Balaban J connectivity index is 2.34. The van der Waals surface area contributed by atoms with Gasteiger partial charge in [0.1, 0.15) is 4.88 Å². The van der Waals surface area contributed by atoms with Crippen LogP contribution in [-0.2, 0) is 11.3 Å². The molecule has 1 aromatic rings. The maximum Gasteiger partial charge on any atom is 0.345 e. The molecule has 0 atom stereocenters. The summed E-state index contributed by atoms with van der Waals surface area (Å²) in [6.45, 7) is 8.09. The van der Waals surface area contributed by atoms with E-state index in [9.17, 15) is 4.79 Å². The molecule has 4 nitrogen and oxygen atoms in total. The highest BCUT2D eigenvalue weighted by Crippen LogP contribution is 2.21. The van der Waals surface area contributed by atoms with Crippen LogP contribution in [0.25, 0.3) is 0 Å². The fraction of sp³-hybridized carbons (Fsp3) is 0.583. The molecule has 0 spiro atoms. The van der Waals surface area contributed by atoms with Crippen LogP contribution < -0.4 is 5.32 Å². The SMILES string of the molecule is Cc1sc(C(=O)O)cc1CNCCOC(C)C. The smallest absolute Gasteiger partial charge is 0.345 e. The van der Waals surface area contributed by atoms with Crippen molar-refractivity contribution < 1.29 is 14.6 Å². The minimum Gasteiger partial charge on any atom is -0.477 e. The van der Waals surface area contributed by atoms with Crippen LogP contribution in [-0.4, -0.2) is 30.3 Å². The average Bonchev–Trinajstić information content (AvgIpc) is 2.59. The molecule has 0 aliphatic rings. The molecular weight excluding hydrogens is 238 g/mol. The van der Waals surface area contributed by atoms with Crippen molar-refractivity contribution in [3.05, 3.63) is 21.4 Å². The topological polar surface area (TPSA) is 58.6 Å². The van der Waals surface area contributed by atoms with E-state index in [0.717, 1.165) is 17.0 Å². The summed E-state index contributed by atoms with van der Waals surface area (Å²) in [5.74, 6) is -0.854. The lowest BCUT2D eigenvalue weighted by molar-refractivity contribution is 0.0701. The number of aromatic carboxylic acids is 1. The van der Waals surface area contributed by atoms with Gasteiger partial charge in [-0.15, -0.1) is 11.3 Å². The minimum absolute atomic E-state index is 0.248. The highest BCUT2D eigenvalue weighted by molar-refractivity contribution is 7.14. The number of thiophene rings is 1. The average molecular weight is 257 g/mol. The Hall–Kier alpha value is -0.910. The van der Waals surface area contributed by atoms with Gasteiger partial charge in [0.25, 0.3) is 0 Å². The zero-order valence-electron chi connectivity index (χ0n) is 10.4. The molecule has 1 rings (SSSR count). The van der Waals surface area contributed by atoms with E-state index in [1.54, 1.807) is 6.07 Å². The van der Waals surface area contributed by atoms with E-state index in [0.29, 0.717) is 18.0 Å². The van der Waals surface area contributed by atoms with Crippen molar-refractivity contribution in [2.45, 2.75) is 33.4 Å². The summed E-state index contributed by atoms with van der Waals surface area (Å²) in [7, 11) is 0. The van der Waals surface area contributed by atoms with Crippen molar-refractivity contribution >= 4 is 17.3 Å². The summed E-state index contributed by atoms with van der Waals surface area (Å²) < 4.78 is 5.40. The number of rotatable bonds is 7. The van der Waals surface area contributed by atoms with E-state index >= 15 is 0 Å². The van der Waals surface area contributed by atoms with Gasteiger partial charge in [0.15, 0.2) is 0 Å². The third-order valence-electron chi connectivity index (χ3n) is 2.28. The molecular formula is C12H19NO3S. The van der Waals surface area contributed by atoms with Crippen LogP contribution in [0.15, 0.2) is 6.07 Å². The van der Waals surface area contributed by atoms with Crippen LogP contribution >= 0.6 is 11.3 Å². The molecule has 0 saturated carbocycles. The fourth-order valence-corrected chi connectivity index (χ4v) is 2.27. The van der Waals surface area contributed by atoms with E-state index < -0.39 is 5.97 Å². The maximum atomic E-state index is 10.8. The van der Waals surface area contributed by atoms with E-state index in [1.807, 2.05) is 20.8 Å². The highest BCUT2D eigenvalue weighted by Gasteiger charge is 2.10. The zero-order valence-corrected chi connectivity index (χ0v) is 11.3. The Morgan fingerprint density at radius 2 is 2.29 bits per heavy atom. The molecule has 5 heteroatoms. The van der Waals surface area contributed by atoms with Gasteiger partial charge in [-0.1, -0.05) is 0 Å². The molecule has 2 N–H and O–H groups in total. The zero-order chi connectivity index (χ0) is 12.8. The first-order valence-corrected chi connectivity index (χ1v) is 6.47. The quantitative estimate of drug-likeness (QED) is 0.736. The van der Waals surface area contributed by atoms with Gasteiger partial charge in [-0.2, -0.15) is 0 Å². The molecule has 0 aliphatic heterocycles. The summed E-state index contributed by atoms with van der Waals surface area (Å²) in [4.78, 5) is 12.2. The van der Waals surface area contributed by atoms with Gasteiger partial charge in [0.2, 0.25) is 0 Å². The first-order chi connectivity index (χ1) is 8.00. The highest BCUT2D eigenvalue weighted by atomic mass is 32.1. The van der Waals surface area contributed by atoms with E-state index in [-0.39, 0.29) is 6.10 Å². The third-order valence-corrected chi connectivity index (χ3v) is 3.36. The van der Waals surface area contributed by atoms with Crippen molar-refractivity contribution in [1.29, 1.82) is 0 Å². The number of carboxylic acid groups (broad SMARTS) is 1. The second-order valence-corrected chi connectivity index (χ2v) is 5.35. The van der Waals surface area contributed by atoms with E-state index in [1.165, 1.54) is 11.3 Å². The molecule has 0 aromatic carbocycles. The number of carboxylic acids is 1. The van der Waals surface area contributed by atoms with Crippen LogP contribution in [0.4, 0.5) is 0 Å². The molecule has 1 heterocycles. The Morgan fingerprint density at radius 3 is 2.82 bits per heavy atom. The van der Waals surface area contributed by atoms with Crippen molar-refractivity contribution in [3.63, 3.8) is 0 Å². The second kappa shape index (κ2) is 6.74. The summed E-state index contributed by atoms with van der Waals surface area (Å²) in [5, 5.41) is 12.1. The summed E-state index contributed by atoms with van der Waals surface area (Å²) in [6.07, 6.45) is 0.248. The molecule has 17 heavy (non-hydrogen) atoms. The van der Waals surface area contributed by atoms with Gasteiger partial charge in [-0.25, -0.2) is 4.79 Å². The largest absolute Gasteiger partial charge is 0.477 e. The molecule has 96 valence electrons. The van der Waals surface area contributed by atoms with Crippen molar-refractivity contribution in [3.8, 4) is 0 Å². The Bertz CT molecular complexity index is 374. The van der Waals surface area contributed by atoms with Crippen LogP contribution in [0.2, 0.25) is 0 Å². The van der Waals surface area contributed by atoms with Crippen LogP contribution in [0.5, 0.6) is 0 Å². The predicted molar refractivity (Wildman–Crippen MR) is 68.8 cm³/mol. The van der Waals surface area contributed by atoms with Gasteiger partial charge >= 0.3 is 5.97 Å². The number of carbonyl (C=O) groups is 1. The third kappa shape index (κ3) is 4.85. The number of hydrogen-bond acceptors (Lipinski definition) is 4. The van der Waals surface area contributed by atoms with Crippen LogP contribution in [0.3, 0.4) is 0 Å². The predicted octanol–water partition coefficient (Wildman–Crippen LogP) is 2.27. The Kier molecular flexibility index (Phi) is 5.61. The standard InChI is InChI=1S/C12H19NO3S/c1-8(2)16-5-4-13-7-10-6-11(12(14)15)17-9(10)3/h6,8,13H,4-5,7H2,1-3H3,(H,14,15). The molecule has 0 unspecified atom stereocenters. The van der Waals surface area contributed by atoms with E-state index in [4.69, 9.17) is 9.84 Å². The molecule has 0 radical (unpaired) electrons. The lowest BCUT2D eigenvalue weighted by atomic mass is 10.2. The van der Waals surface area contributed by atoms with Crippen LogP contribution in [0, 0.1) is 6.92 Å². The first kappa shape index (κ1) is 14.2. The van der Waals surface area contributed by atoms with Gasteiger partial charge < -0.3 is 15.2 Å². The van der Waals surface area contributed by atoms with Crippen molar-refractivity contribution in [2.75, 3.05) is 13.2 Å².